The number of carbonyl (C=O) groups is 1. The Bertz CT molecular complexity index is 430. The summed E-state index contributed by atoms with van der Waals surface area (Å²) < 4.78 is 0. The smallest absolute Gasteiger partial charge is 0.224 e. The molecule has 0 spiro atoms. The van der Waals surface area contributed by atoms with Crippen molar-refractivity contribution in [2.24, 2.45) is 11.7 Å². The monoisotopic (exact) mass is 250 g/mol. The number of aryl methyl sites for hydroxylation is 2. The number of hydrogen-bond acceptors (Lipinski definition) is 3. The van der Waals surface area contributed by atoms with Crippen LogP contribution in [0.1, 0.15) is 30.9 Å². The average molecular weight is 250 g/mol. The van der Waals surface area contributed by atoms with Gasteiger partial charge in [0.25, 0.3) is 0 Å². The van der Waals surface area contributed by atoms with Gasteiger partial charge in [-0.25, -0.2) is 0 Å². The van der Waals surface area contributed by atoms with Crippen molar-refractivity contribution >= 4 is 11.6 Å². The minimum atomic E-state index is -0.0107. The van der Waals surface area contributed by atoms with Gasteiger partial charge in [0, 0.05) is 12.1 Å². The number of amides is 1. The quantitative estimate of drug-likeness (QED) is 0.702. The summed E-state index contributed by atoms with van der Waals surface area (Å²) in [4.78, 5) is 11.8. The first-order valence-electron chi connectivity index (χ1n) is 6.24. The summed E-state index contributed by atoms with van der Waals surface area (Å²) >= 11 is 0. The minimum Gasteiger partial charge on any atom is -0.508 e. The maximum Gasteiger partial charge on any atom is 0.224 e. The lowest BCUT2D eigenvalue weighted by Gasteiger charge is -2.12. The van der Waals surface area contributed by atoms with E-state index in [2.05, 4.69) is 5.32 Å². The first-order chi connectivity index (χ1) is 8.43. The van der Waals surface area contributed by atoms with Crippen molar-refractivity contribution in [2.75, 3.05) is 11.9 Å². The Morgan fingerprint density at radius 1 is 1.39 bits per heavy atom. The number of aromatic hydroxyl groups is 1. The van der Waals surface area contributed by atoms with Gasteiger partial charge in [0.05, 0.1) is 0 Å². The lowest BCUT2D eigenvalue weighted by Crippen LogP contribution is -2.16. The van der Waals surface area contributed by atoms with Crippen LogP contribution in [-0.2, 0) is 4.79 Å². The Balaban J connectivity index is 2.62. The van der Waals surface area contributed by atoms with Crippen LogP contribution >= 0.6 is 0 Å². The van der Waals surface area contributed by atoms with Crippen molar-refractivity contribution in [1.82, 2.24) is 0 Å². The van der Waals surface area contributed by atoms with E-state index >= 15 is 0 Å². The Morgan fingerprint density at radius 2 is 2.06 bits per heavy atom. The van der Waals surface area contributed by atoms with Gasteiger partial charge in [0.1, 0.15) is 5.75 Å². The number of carbonyl (C=O) groups excluding carboxylic acids is 1. The maximum atomic E-state index is 11.8. The van der Waals surface area contributed by atoms with E-state index < -0.39 is 0 Å². The van der Waals surface area contributed by atoms with Crippen LogP contribution in [0, 0.1) is 19.8 Å². The topological polar surface area (TPSA) is 75.4 Å². The summed E-state index contributed by atoms with van der Waals surface area (Å²) in [5, 5.41) is 12.4. The number of nitrogens with one attached hydrogen (secondary N) is 1. The lowest BCUT2D eigenvalue weighted by atomic mass is 10.1. The van der Waals surface area contributed by atoms with Crippen LogP contribution in [0.15, 0.2) is 12.1 Å². The first kappa shape index (κ1) is 14.5. The lowest BCUT2D eigenvalue weighted by molar-refractivity contribution is -0.116. The maximum absolute atomic E-state index is 11.8. The van der Waals surface area contributed by atoms with Crippen molar-refractivity contribution in [3.8, 4) is 5.75 Å². The fraction of sp³-hybridized carbons (Fsp3) is 0.500. The van der Waals surface area contributed by atoms with Crippen LogP contribution in [0.5, 0.6) is 5.75 Å². The minimum absolute atomic E-state index is 0.0107. The predicted octanol–water partition coefficient (Wildman–Crippen LogP) is 2.32. The second-order valence-electron chi connectivity index (χ2n) is 4.88. The van der Waals surface area contributed by atoms with E-state index in [9.17, 15) is 9.90 Å². The van der Waals surface area contributed by atoms with E-state index in [1.807, 2.05) is 13.8 Å². The molecular weight excluding hydrogens is 228 g/mol. The standard InChI is InChI=1S/C14H22N2O2/c1-9(8-15)4-5-14(18)16-12-6-11(3)13(17)7-10(12)2/h6-7,9,17H,4-5,8,15H2,1-3H3,(H,16,18). The van der Waals surface area contributed by atoms with Gasteiger partial charge >= 0.3 is 0 Å². The van der Waals surface area contributed by atoms with Crippen LogP contribution in [0.3, 0.4) is 0 Å². The molecule has 0 aliphatic heterocycles. The zero-order valence-corrected chi connectivity index (χ0v) is 11.3. The van der Waals surface area contributed by atoms with E-state index in [-0.39, 0.29) is 11.7 Å². The Morgan fingerprint density at radius 3 is 2.67 bits per heavy atom. The predicted molar refractivity (Wildman–Crippen MR) is 73.7 cm³/mol. The third-order valence-corrected chi connectivity index (χ3v) is 3.08. The van der Waals surface area contributed by atoms with Crippen LogP contribution in [-0.4, -0.2) is 17.6 Å². The van der Waals surface area contributed by atoms with Crippen LogP contribution in [0.2, 0.25) is 0 Å². The molecule has 0 radical (unpaired) electrons. The second-order valence-corrected chi connectivity index (χ2v) is 4.88. The molecule has 1 amide bonds. The highest BCUT2D eigenvalue weighted by molar-refractivity contribution is 5.91. The van der Waals surface area contributed by atoms with E-state index in [0.717, 1.165) is 23.2 Å². The average Bonchev–Trinajstić information content (AvgIpc) is 2.33. The molecule has 1 unspecified atom stereocenters. The number of hydrogen-bond donors (Lipinski definition) is 3. The van der Waals surface area contributed by atoms with E-state index in [1.54, 1.807) is 19.1 Å². The normalized spacial score (nSPS) is 12.2. The van der Waals surface area contributed by atoms with E-state index in [1.165, 1.54) is 0 Å². The Hall–Kier alpha value is -1.55. The number of rotatable bonds is 5. The summed E-state index contributed by atoms with van der Waals surface area (Å²) in [7, 11) is 0. The molecule has 0 saturated carbocycles. The van der Waals surface area contributed by atoms with Gasteiger partial charge in [0.2, 0.25) is 5.91 Å². The molecule has 4 heteroatoms. The number of phenols is 1. The van der Waals surface area contributed by atoms with Gasteiger partial charge in [-0.2, -0.15) is 0 Å². The fourth-order valence-corrected chi connectivity index (χ4v) is 1.64. The molecule has 1 aromatic rings. The van der Waals surface area contributed by atoms with Gasteiger partial charge in [-0.1, -0.05) is 6.92 Å². The molecular formula is C14H22N2O2. The number of anilines is 1. The summed E-state index contributed by atoms with van der Waals surface area (Å²) in [6, 6.07) is 3.45. The summed E-state index contributed by atoms with van der Waals surface area (Å²) in [5.41, 5.74) is 7.89. The molecule has 4 nitrogen and oxygen atoms in total. The zero-order chi connectivity index (χ0) is 13.7. The Labute approximate surface area is 108 Å². The molecule has 1 aromatic carbocycles. The van der Waals surface area contributed by atoms with Crippen LogP contribution in [0.4, 0.5) is 5.69 Å². The van der Waals surface area contributed by atoms with Crippen molar-refractivity contribution in [3.63, 3.8) is 0 Å². The zero-order valence-electron chi connectivity index (χ0n) is 11.3. The molecule has 0 bridgehead atoms. The van der Waals surface area contributed by atoms with Crippen LogP contribution < -0.4 is 11.1 Å². The molecule has 4 N–H and O–H groups in total. The molecule has 0 heterocycles. The van der Waals surface area contributed by atoms with Crippen LogP contribution in [0.25, 0.3) is 0 Å². The largest absolute Gasteiger partial charge is 0.508 e. The highest BCUT2D eigenvalue weighted by Crippen LogP contribution is 2.25. The molecule has 0 aliphatic rings. The first-order valence-corrected chi connectivity index (χ1v) is 6.24. The highest BCUT2D eigenvalue weighted by atomic mass is 16.3. The molecule has 0 fully saturated rings. The second kappa shape index (κ2) is 6.40. The van der Waals surface area contributed by atoms with Gasteiger partial charge in [-0.3, -0.25) is 4.79 Å². The summed E-state index contributed by atoms with van der Waals surface area (Å²) in [5.74, 6) is 0.601. The van der Waals surface area contributed by atoms with Crippen molar-refractivity contribution in [3.05, 3.63) is 23.3 Å². The number of nitrogens with two attached hydrogens (primary N) is 1. The van der Waals surface area contributed by atoms with Gasteiger partial charge in [-0.05, 0) is 56.0 Å². The van der Waals surface area contributed by atoms with Crippen molar-refractivity contribution < 1.29 is 9.90 Å². The molecule has 0 aliphatic carbocycles. The van der Waals surface area contributed by atoms with E-state index in [0.29, 0.717) is 18.9 Å². The highest BCUT2D eigenvalue weighted by Gasteiger charge is 2.09. The SMILES string of the molecule is Cc1cc(NC(=O)CCC(C)CN)c(C)cc1O. The van der Waals surface area contributed by atoms with Gasteiger partial charge in [0.15, 0.2) is 0 Å². The molecule has 0 aromatic heterocycles. The number of phenolic OH excluding ortho intramolecular Hbond substituents is 1. The van der Waals surface area contributed by atoms with Crippen molar-refractivity contribution in [1.29, 1.82) is 0 Å². The summed E-state index contributed by atoms with van der Waals surface area (Å²) in [6.45, 7) is 6.30. The number of benzene rings is 1. The summed E-state index contributed by atoms with van der Waals surface area (Å²) in [6.07, 6.45) is 1.26. The van der Waals surface area contributed by atoms with Gasteiger partial charge < -0.3 is 16.2 Å². The molecule has 0 saturated heterocycles. The Kier molecular flexibility index (Phi) is 5.16. The fourth-order valence-electron chi connectivity index (χ4n) is 1.64. The van der Waals surface area contributed by atoms with Gasteiger partial charge in [-0.15, -0.1) is 0 Å². The molecule has 100 valence electrons. The molecule has 1 rings (SSSR count). The molecule has 18 heavy (non-hydrogen) atoms. The van der Waals surface area contributed by atoms with Crippen molar-refractivity contribution in [2.45, 2.75) is 33.6 Å². The van der Waals surface area contributed by atoms with E-state index in [4.69, 9.17) is 5.73 Å². The molecule has 1 atom stereocenters. The third kappa shape index (κ3) is 4.04. The third-order valence-electron chi connectivity index (χ3n) is 3.08.